The smallest absolute Gasteiger partial charge is 0.114 e. The molecule has 0 bridgehead atoms. The zero-order valence-electron chi connectivity index (χ0n) is 7.21. The van der Waals surface area contributed by atoms with Gasteiger partial charge in [0.15, 0.2) is 0 Å². The van der Waals surface area contributed by atoms with Crippen LogP contribution in [0.25, 0.3) is 0 Å². The number of aliphatic hydroxyl groups excluding tert-OH is 2. The Morgan fingerprint density at radius 1 is 1.62 bits per heavy atom. The highest BCUT2D eigenvalue weighted by molar-refractivity contribution is 5.33. The van der Waals surface area contributed by atoms with Crippen molar-refractivity contribution in [3.05, 3.63) is 23.8 Å². The minimum absolute atomic E-state index is 0.406. The second kappa shape index (κ2) is 4.19. The quantitative estimate of drug-likeness (QED) is 0.547. The summed E-state index contributed by atoms with van der Waals surface area (Å²) in [6.45, 7) is 0. The summed E-state index contributed by atoms with van der Waals surface area (Å²) in [6, 6.07) is 1.80. The van der Waals surface area contributed by atoms with Crippen LogP contribution in [0.2, 0.25) is 0 Å². The van der Waals surface area contributed by atoms with Gasteiger partial charge in [-0.2, -0.15) is 5.26 Å². The number of nitrogens with zero attached hydrogens (tertiary/aromatic N) is 1. The normalized spacial score (nSPS) is 36.2. The van der Waals surface area contributed by atoms with Gasteiger partial charge in [-0.25, -0.2) is 0 Å². The number of allylic oxidation sites excluding steroid dienone is 1. The summed E-state index contributed by atoms with van der Waals surface area (Å²) >= 11 is 0. The highest BCUT2D eigenvalue weighted by Crippen LogP contribution is 2.19. The zero-order valence-corrected chi connectivity index (χ0v) is 7.21. The van der Waals surface area contributed by atoms with E-state index in [1.165, 1.54) is 13.2 Å². The van der Waals surface area contributed by atoms with Crippen LogP contribution in [-0.2, 0) is 4.74 Å². The van der Waals surface area contributed by atoms with Crippen molar-refractivity contribution in [2.75, 3.05) is 7.11 Å². The molecule has 2 N–H and O–H groups in total. The van der Waals surface area contributed by atoms with E-state index in [2.05, 4.69) is 0 Å². The predicted octanol–water partition coefficient (Wildman–Crippen LogP) is -0.257. The number of nitriles is 1. The first-order chi connectivity index (χ1) is 6.20. The van der Waals surface area contributed by atoms with Crippen LogP contribution >= 0.6 is 0 Å². The number of methoxy groups -OCH3 is 1. The Kier molecular flexibility index (Phi) is 3.20. The van der Waals surface area contributed by atoms with Gasteiger partial charge in [-0.05, 0) is 5.57 Å². The minimum atomic E-state index is -1.05. The van der Waals surface area contributed by atoms with Gasteiger partial charge in [-0.3, -0.25) is 0 Å². The SMILES string of the molecule is CO[C@@H]1C=CC(=CC#N)[C@H](O)[C@H]1O. The fourth-order valence-corrected chi connectivity index (χ4v) is 1.22. The standard InChI is InChI=1S/C9H11NO3/c1-13-7-3-2-6(4-5-10)8(11)9(7)12/h2-4,7-9,11-12H,1H3/t7-,8+,9+/m1/s1. The summed E-state index contributed by atoms with van der Waals surface area (Å²) in [5.41, 5.74) is 0.406. The Balaban J connectivity index is 2.88. The van der Waals surface area contributed by atoms with Gasteiger partial charge < -0.3 is 14.9 Å². The van der Waals surface area contributed by atoms with Gasteiger partial charge in [-0.1, -0.05) is 12.2 Å². The van der Waals surface area contributed by atoms with E-state index in [1.807, 2.05) is 0 Å². The van der Waals surface area contributed by atoms with Crippen LogP contribution < -0.4 is 0 Å². The highest BCUT2D eigenvalue weighted by Gasteiger charge is 2.29. The lowest BCUT2D eigenvalue weighted by Crippen LogP contribution is -2.40. The molecule has 0 aromatic heterocycles. The number of ether oxygens (including phenoxy) is 1. The van der Waals surface area contributed by atoms with Gasteiger partial charge in [0.05, 0.1) is 6.07 Å². The molecule has 0 radical (unpaired) electrons. The van der Waals surface area contributed by atoms with Crippen molar-refractivity contribution in [3.8, 4) is 6.07 Å². The molecular weight excluding hydrogens is 170 g/mol. The van der Waals surface area contributed by atoms with Crippen LogP contribution in [0, 0.1) is 11.3 Å². The van der Waals surface area contributed by atoms with Crippen LogP contribution in [0.3, 0.4) is 0 Å². The number of hydrogen-bond acceptors (Lipinski definition) is 4. The van der Waals surface area contributed by atoms with Crippen LogP contribution in [0.15, 0.2) is 23.8 Å². The van der Waals surface area contributed by atoms with E-state index in [0.717, 1.165) is 0 Å². The van der Waals surface area contributed by atoms with Crippen LogP contribution in [0.1, 0.15) is 0 Å². The van der Waals surface area contributed by atoms with Crippen molar-refractivity contribution in [1.29, 1.82) is 5.26 Å². The first-order valence-corrected chi connectivity index (χ1v) is 3.87. The van der Waals surface area contributed by atoms with Crippen molar-refractivity contribution >= 4 is 0 Å². The zero-order chi connectivity index (χ0) is 9.84. The molecule has 0 saturated heterocycles. The van der Waals surface area contributed by atoms with Gasteiger partial charge in [0.1, 0.15) is 18.3 Å². The summed E-state index contributed by atoms with van der Waals surface area (Å²) in [6.07, 6.45) is 1.83. The lowest BCUT2D eigenvalue weighted by atomic mass is 9.93. The van der Waals surface area contributed by atoms with Crippen LogP contribution in [-0.4, -0.2) is 35.6 Å². The van der Waals surface area contributed by atoms with Crippen molar-refractivity contribution in [3.63, 3.8) is 0 Å². The van der Waals surface area contributed by atoms with E-state index in [9.17, 15) is 10.2 Å². The molecule has 1 aliphatic carbocycles. The minimum Gasteiger partial charge on any atom is -0.387 e. The fraction of sp³-hybridized carbons (Fsp3) is 0.444. The lowest BCUT2D eigenvalue weighted by molar-refractivity contribution is -0.0456. The summed E-state index contributed by atoms with van der Waals surface area (Å²) in [7, 11) is 1.45. The molecule has 0 aliphatic heterocycles. The maximum atomic E-state index is 9.47. The molecule has 0 amide bonds. The highest BCUT2D eigenvalue weighted by atomic mass is 16.5. The third-order valence-electron chi connectivity index (χ3n) is 1.98. The second-order valence-corrected chi connectivity index (χ2v) is 2.77. The molecule has 3 atom stereocenters. The van der Waals surface area contributed by atoms with Crippen molar-refractivity contribution in [2.45, 2.75) is 18.3 Å². The van der Waals surface area contributed by atoms with E-state index in [0.29, 0.717) is 5.57 Å². The topological polar surface area (TPSA) is 73.5 Å². The Morgan fingerprint density at radius 2 is 2.31 bits per heavy atom. The molecule has 0 spiro atoms. The third kappa shape index (κ3) is 1.95. The molecule has 0 aromatic rings. The lowest BCUT2D eigenvalue weighted by Gasteiger charge is -2.27. The first-order valence-electron chi connectivity index (χ1n) is 3.87. The van der Waals surface area contributed by atoms with Crippen LogP contribution in [0.4, 0.5) is 0 Å². The average molecular weight is 181 g/mol. The summed E-state index contributed by atoms with van der Waals surface area (Å²) in [4.78, 5) is 0. The van der Waals surface area contributed by atoms with Crippen molar-refractivity contribution < 1.29 is 14.9 Å². The van der Waals surface area contributed by atoms with Gasteiger partial charge in [0.2, 0.25) is 0 Å². The fourth-order valence-electron chi connectivity index (χ4n) is 1.22. The molecule has 70 valence electrons. The summed E-state index contributed by atoms with van der Waals surface area (Å²) < 4.78 is 4.89. The Hall–Kier alpha value is -1.15. The number of hydrogen-bond donors (Lipinski definition) is 2. The Bertz CT molecular complexity index is 277. The predicted molar refractivity (Wildman–Crippen MR) is 45.6 cm³/mol. The van der Waals surface area contributed by atoms with E-state index in [1.54, 1.807) is 18.2 Å². The second-order valence-electron chi connectivity index (χ2n) is 2.77. The monoisotopic (exact) mass is 181 g/mol. The first kappa shape index (κ1) is 9.93. The molecule has 13 heavy (non-hydrogen) atoms. The molecule has 0 aromatic carbocycles. The van der Waals surface area contributed by atoms with Gasteiger partial charge in [-0.15, -0.1) is 0 Å². The van der Waals surface area contributed by atoms with E-state index >= 15 is 0 Å². The largest absolute Gasteiger partial charge is 0.387 e. The van der Waals surface area contributed by atoms with Gasteiger partial charge in [0, 0.05) is 13.2 Å². The number of aliphatic hydroxyl groups is 2. The Labute approximate surface area is 76.4 Å². The number of rotatable bonds is 1. The molecule has 4 nitrogen and oxygen atoms in total. The van der Waals surface area contributed by atoms with E-state index < -0.39 is 18.3 Å². The maximum Gasteiger partial charge on any atom is 0.114 e. The maximum absolute atomic E-state index is 9.47. The molecule has 1 rings (SSSR count). The average Bonchev–Trinajstić information content (AvgIpc) is 2.14. The van der Waals surface area contributed by atoms with Crippen LogP contribution in [0.5, 0.6) is 0 Å². The molecule has 1 aliphatic rings. The molecule has 4 heteroatoms. The molecule has 0 fully saturated rings. The molecule has 0 heterocycles. The molecular formula is C9H11NO3. The van der Waals surface area contributed by atoms with Crippen molar-refractivity contribution in [2.24, 2.45) is 0 Å². The summed E-state index contributed by atoms with van der Waals surface area (Å²) in [5, 5.41) is 27.3. The molecule has 0 saturated carbocycles. The van der Waals surface area contributed by atoms with Gasteiger partial charge in [0.25, 0.3) is 0 Å². The summed E-state index contributed by atoms with van der Waals surface area (Å²) in [5.74, 6) is 0. The van der Waals surface area contributed by atoms with E-state index in [-0.39, 0.29) is 0 Å². The third-order valence-corrected chi connectivity index (χ3v) is 1.98. The van der Waals surface area contributed by atoms with Crippen molar-refractivity contribution in [1.82, 2.24) is 0 Å². The van der Waals surface area contributed by atoms with Gasteiger partial charge >= 0.3 is 0 Å². The molecule has 0 unspecified atom stereocenters. The Morgan fingerprint density at radius 3 is 2.85 bits per heavy atom. The van der Waals surface area contributed by atoms with E-state index in [4.69, 9.17) is 10.00 Å².